The zero-order valence-electron chi connectivity index (χ0n) is 28.4. The normalized spacial score (nSPS) is 21.0. The molecular formula is C32H51N3O11P2. The summed E-state index contributed by atoms with van der Waals surface area (Å²) in [5.74, 6) is -2.66. The van der Waals surface area contributed by atoms with Gasteiger partial charge in [-0.15, -0.1) is 0 Å². The molecule has 1 fully saturated rings. The molecule has 4 atom stereocenters. The van der Waals surface area contributed by atoms with Gasteiger partial charge in [-0.25, -0.2) is 9.13 Å². The first-order valence-corrected chi connectivity index (χ1v) is 19.7. The van der Waals surface area contributed by atoms with Crippen LogP contribution in [-0.2, 0) is 57.2 Å². The lowest BCUT2D eigenvalue weighted by molar-refractivity contribution is -0.135. The lowest BCUT2D eigenvalue weighted by Crippen LogP contribution is -2.47. The summed E-state index contributed by atoms with van der Waals surface area (Å²) >= 11 is 0. The molecule has 2 aliphatic rings. The molecule has 48 heavy (non-hydrogen) atoms. The Balaban J connectivity index is 1.63. The molecule has 2 heterocycles. The van der Waals surface area contributed by atoms with Gasteiger partial charge in [-0.2, -0.15) is 0 Å². The fourth-order valence-corrected chi connectivity index (χ4v) is 8.23. The molecule has 2 amide bonds. The smallest absolute Gasteiger partial charge is 0.356 e. The van der Waals surface area contributed by atoms with E-state index in [0.29, 0.717) is 38.8 Å². The number of phosphoric acid groups is 2. The Bertz CT molecular complexity index is 1280. The number of unbranched alkanes of at least 4 members (excludes halogenated alkanes) is 2. The van der Waals surface area contributed by atoms with Crippen LogP contribution in [0.4, 0.5) is 0 Å². The Morgan fingerprint density at radius 3 is 1.67 bits per heavy atom. The quantitative estimate of drug-likeness (QED) is 0.111. The number of carbonyl (C=O) groups excluding carboxylic acids is 3. The number of nitrogens with zero attached hydrogens (tertiary/aromatic N) is 1. The average Bonchev–Trinajstić information content (AvgIpc) is 3.28. The molecule has 14 nitrogen and oxygen atoms in total. The molecule has 2 N–H and O–H groups in total. The summed E-state index contributed by atoms with van der Waals surface area (Å²) in [4.78, 5) is 42.7. The average molecular weight is 716 g/mol. The molecule has 2 unspecified atom stereocenters. The van der Waals surface area contributed by atoms with Crippen molar-refractivity contribution in [2.24, 2.45) is 11.8 Å². The Labute approximate surface area is 283 Å². The number of benzene rings is 1. The van der Waals surface area contributed by atoms with E-state index in [9.17, 15) is 23.5 Å². The van der Waals surface area contributed by atoms with Crippen LogP contribution in [0, 0.1) is 11.8 Å². The predicted octanol–water partition coefficient (Wildman–Crippen LogP) is 4.80. The maximum absolute atomic E-state index is 13.7. The Morgan fingerprint density at radius 1 is 0.708 bits per heavy atom. The second kappa shape index (κ2) is 20.4. The standard InChI is InChI=1S/C32H51N3O11P2/c1-5-41-47(39,42-6-2)45-22-14-12-20-33-31(37)28-26-18-19-27(36)30(35(26)24-25-16-10-9-11-17-25)29(28)32(38)34-21-13-15-23-46-48(40,43-7-3)44-8-4/h9-11,16-19,26,28-30H,5-8,12-15,20-24H2,1-4H3,(H,33,37)(H,34,38)/t26-,28?,29?,30+/m1/s1. The molecule has 2 bridgehead atoms. The van der Waals surface area contributed by atoms with Crippen molar-refractivity contribution in [1.82, 2.24) is 15.5 Å². The highest BCUT2D eigenvalue weighted by atomic mass is 31.2. The van der Waals surface area contributed by atoms with Gasteiger partial charge in [0.25, 0.3) is 0 Å². The van der Waals surface area contributed by atoms with Crippen molar-refractivity contribution in [2.45, 2.75) is 72.0 Å². The van der Waals surface area contributed by atoms with Crippen molar-refractivity contribution < 1.29 is 50.7 Å². The third-order valence-corrected chi connectivity index (χ3v) is 11.1. The van der Waals surface area contributed by atoms with Crippen LogP contribution in [-0.4, -0.2) is 87.3 Å². The van der Waals surface area contributed by atoms with Gasteiger partial charge in [-0.1, -0.05) is 36.4 Å². The molecule has 1 aromatic carbocycles. The van der Waals surface area contributed by atoms with Gasteiger partial charge in [0.2, 0.25) is 11.8 Å². The van der Waals surface area contributed by atoms with Gasteiger partial charge in [0, 0.05) is 25.7 Å². The first kappa shape index (κ1) is 40.2. The zero-order chi connectivity index (χ0) is 35.0. The topological polar surface area (TPSA) is 168 Å². The molecule has 16 heteroatoms. The van der Waals surface area contributed by atoms with Crippen LogP contribution in [0.1, 0.15) is 58.9 Å². The van der Waals surface area contributed by atoms with Gasteiger partial charge in [0.15, 0.2) is 5.78 Å². The van der Waals surface area contributed by atoms with Gasteiger partial charge < -0.3 is 10.6 Å². The van der Waals surface area contributed by atoms with E-state index in [1.165, 1.54) is 6.08 Å². The van der Waals surface area contributed by atoms with Crippen molar-refractivity contribution in [3.05, 3.63) is 48.0 Å². The van der Waals surface area contributed by atoms with E-state index in [0.717, 1.165) is 5.56 Å². The van der Waals surface area contributed by atoms with Gasteiger partial charge >= 0.3 is 15.6 Å². The first-order valence-electron chi connectivity index (χ1n) is 16.8. The minimum absolute atomic E-state index is 0.111. The second-order valence-corrected chi connectivity index (χ2v) is 14.5. The van der Waals surface area contributed by atoms with Crippen LogP contribution in [0.5, 0.6) is 0 Å². The van der Waals surface area contributed by atoms with E-state index in [2.05, 4.69) is 10.6 Å². The number of carbonyl (C=O) groups is 3. The molecular weight excluding hydrogens is 664 g/mol. The minimum atomic E-state index is -3.62. The highest BCUT2D eigenvalue weighted by molar-refractivity contribution is 7.48. The summed E-state index contributed by atoms with van der Waals surface area (Å²) in [6, 6.07) is 8.34. The third kappa shape index (κ3) is 11.7. The fraction of sp³-hybridized carbons (Fsp3) is 0.656. The maximum Gasteiger partial charge on any atom is 0.474 e. The fourth-order valence-electron chi connectivity index (χ4n) is 5.81. The number of rotatable bonds is 24. The van der Waals surface area contributed by atoms with Crippen LogP contribution >= 0.6 is 15.6 Å². The van der Waals surface area contributed by atoms with Crippen molar-refractivity contribution in [3.63, 3.8) is 0 Å². The molecule has 3 rings (SSSR count). The van der Waals surface area contributed by atoms with E-state index in [-0.39, 0.29) is 63.8 Å². The van der Waals surface area contributed by atoms with Crippen LogP contribution in [0.2, 0.25) is 0 Å². The lowest BCUT2D eigenvalue weighted by Gasteiger charge is -2.31. The van der Waals surface area contributed by atoms with Gasteiger partial charge in [0.05, 0.1) is 57.5 Å². The number of hydrogen-bond acceptors (Lipinski definition) is 12. The zero-order valence-corrected chi connectivity index (χ0v) is 30.2. The number of phosphoric ester groups is 2. The number of amides is 2. The van der Waals surface area contributed by atoms with Crippen LogP contribution in [0.3, 0.4) is 0 Å². The number of hydrogen-bond donors (Lipinski definition) is 2. The number of nitrogens with one attached hydrogen (secondary N) is 2. The predicted molar refractivity (Wildman–Crippen MR) is 179 cm³/mol. The van der Waals surface area contributed by atoms with Gasteiger partial charge in [-0.05, 0) is 65.0 Å². The molecule has 0 radical (unpaired) electrons. The summed E-state index contributed by atoms with van der Waals surface area (Å²) in [5.41, 5.74) is 0.962. The lowest BCUT2D eigenvalue weighted by atomic mass is 9.85. The summed E-state index contributed by atoms with van der Waals surface area (Å²) in [6.45, 7) is 8.71. The van der Waals surface area contributed by atoms with E-state index >= 15 is 0 Å². The first-order chi connectivity index (χ1) is 23.1. The van der Waals surface area contributed by atoms with Gasteiger partial charge in [-0.3, -0.25) is 46.4 Å². The van der Waals surface area contributed by atoms with E-state index in [1.807, 2.05) is 35.2 Å². The molecule has 1 saturated heterocycles. The van der Waals surface area contributed by atoms with Crippen LogP contribution < -0.4 is 10.6 Å². The van der Waals surface area contributed by atoms with Crippen molar-refractivity contribution in [1.29, 1.82) is 0 Å². The molecule has 270 valence electrons. The maximum atomic E-state index is 13.7. The third-order valence-electron chi connectivity index (χ3n) is 7.79. The summed E-state index contributed by atoms with van der Waals surface area (Å²) in [7, 11) is -7.24. The molecule has 0 aliphatic carbocycles. The van der Waals surface area contributed by atoms with Crippen LogP contribution in [0.15, 0.2) is 42.5 Å². The highest BCUT2D eigenvalue weighted by Gasteiger charge is 2.57. The van der Waals surface area contributed by atoms with Crippen molar-refractivity contribution in [3.8, 4) is 0 Å². The SMILES string of the molecule is CCOP(=O)(OCC)OCCCCNC(=O)C1C(C(=O)NCCCCOP(=O)(OCC)OCC)[C@@H]2C(=O)C=C[C@H]1N2Cc1ccccc1. The minimum Gasteiger partial charge on any atom is -0.356 e. The second-order valence-electron chi connectivity index (χ2n) is 11.1. The molecule has 0 aromatic heterocycles. The van der Waals surface area contributed by atoms with Crippen molar-refractivity contribution in [2.75, 3.05) is 52.7 Å². The summed E-state index contributed by atoms with van der Waals surface area (Å²) in [5, 5.41) is 5.86. The monoisotopic (exact) mass is 715 g/mol. The van der Waals surface area contributed by atoms with Crippen LogP contribution in [0.25, 0.3) is 0 Å². The van der Waals surface area contributed by atoms with E-state index in [4.69, 9.17) is 27.1 Å². The Hall–Kier alpha value is -2.25. The molecule has 2 aliphatic heterocycles. The number of ketones is 1. The van der Waals surface area contributed by atoms with Crippen molar-refractivity contribution >= 4 is 33.2 Å². The van der Waals surface area contributed by atoms with E-state index in [1.54, 1.807) is 33.8 Å². The van der Waals surface area contributed by atoms with E-state index < -0.39 is 39.6 Å². The summed E-state index contributed by atoms with van der Waals surface area (Å²) < 4.78 is 56.2. The number of fused-ring (bicyclic) bond motifs is 2. The Kier molecular flexibility index (Phi) is 17.1. The Morgan fingerprint density at radius 2 is 1.19 bits per heavy atom. The molecule has 0 saturated carbocycles. The highest BCUT2D eigenvalue weighted by Crippen LogP contribution is 2.50. The molecule has 1 aromatic rings. The van der Waals surface area contributed by atoms with Gasteiger partial charge in [0.1, 0.15) is 0 Å². The molecule has 0 spiro atoms. The summed E-state index contributed by atoms with van der Waals surface area (Å²) in [6.07, 6.45) is 5.18. The largest absolute Gasteiger partial charge is 0.474 e.